The number of aromatic nitrogens is 1. The second-order valence-corrected chi connectivity index (χ2v) is 8.23. The number of amides is 1. The molecule has 0 saturated heterocycles. The first-order valence-corrected chi connectivity index (χ1v) is 10.8. The number of halogens is 1. The third kappa shape index (κ3) is 6.24. The van der Waals surface area contributed by atoms with Gasteiger partial charge in [-0.15, -0.1) is 11.3 Å². The molecule has 0 saturated carbocycles. The van der Waals surface area contributed by atoms with Crippen LogP contribution >= 0.6 is 27.3 Å². The lowest BCUT2D eigenvalue weighted by Crippen LogP contribution is -2.34. The van der Waals surface area contributed by atoms with Crippen LogP contribution in [0.2, 0.25) is 0 Å². The second kappa shape index (κ2) is 10.3. The second-order valence-electron chi connectivity index (χ2n) is 6.46. The third-order valence-corrected chi connectivity index (χ3v) is 5.77. The Morgan fingerprint density at radius 2 is 1.93 bits per heavy atom. The number of esters is 1. The van der Waals surface area contributed by atoms with Crippen LogP contribution in [-0.4, -0.2) is 35.4 Å². The first-order valence-electron chi connectivity index (χ1n) is 9.14. The van der Waals surface area contributed by atoms with E-state index in [1.807, 2.05) is 60.0 Å². The monoisotopic (exact) mass is 472 g/mol. The lowest BCUT2D eigenvalue weighted by Gasteiger charge is -2.22. The molecule has 3 rings (SSSR count). The molecule has 0 radical (unpaired) electrons. The number of benzene rings is 2. The van der Waals surface area contributed by atoms with Gasteiger partial charge in [0.05, 0.1) is 25.6 Å². The highest BCUT2D eigenvalue weighted by molar-refractivity contribution is 9.10. The van der Waals surface area contributed by atoms with Crippen molar-refractivity contribution in [3.8, 4) is 10.6 Å². The molecule has 2 aromatic carbocycles. The van der Waals surface area contributed by atoms with Crippen molar-refractivity contribution in [1.82, 2.24) is 9.88 Å². The number of hydrogen-bond acceptors (Lipinski definition) is 5. The van der Waals surface area contributed by atoms with Crippen LogP contribution in [-0.2, 0) is 27.3 Å². The number of rotatable bonds is 8. The topological polar surface area (TPSA) is 59.5 Å². The standard InChI is InChI=1S/C22H21BrN2O3S/c1-28-21(27)10-11-25(14-16-6-3-2-4-7-16)20(26)13-19-15-29-22(24-19)17-8-5-9-18(23)12-17/h2-9,12,15H,10-11,13-14H2,1H3. The number of hydrogen-bond donors (Lipinski definition) is 0. The van der Waals surface area contributed by atoms with Crippen molar-refractivity contribution in [2.75, 3.05) is 13.7 Å². The summed E-state index contributed by atoms with van der Waals surface area (Å²) < 4.78 is 5.71. The van der Waals surface area contributed by atoms with Crippen molar-refractivity contribution >= 4 is 39.1 Å². The van der Waals surface area contributed by atoms with E-state index in [1.54, 1.807) is 4.90 Å². The van der Waals surface area contributed by atoms with Crippen molar-refractivity contribution in [2.45, 2.75) is 19.4 Å². The van der Waals surface area contributed by atoms with Gasteiger partial charge in [-0.2, -0.15) is 0 Å². The molecule has 0 aliphatic rings. The molecule has 1 heterocycles. The maximum Gasteiger partial charge on any atom is 0.307 e. The average molecular weight is 473 g/mol. The highest BCUT2D eigenvalue weighted by atomic mass is 79.9. The van der Waals surface area contributed by atoms with Crippen LogP contribution in [0.15, 0.2) is 64.5 Å². The molecule has 0 N–H and O–H groups in total. The summed E-state index contributed by atoms with van der Waals surface area (Å²) in [6.07, 6.45) is 0.355. The molecule has 0 spiro atoms. The summed E-state index contributed by atoms with van der Waals surface area (Å²) in [5, 5.41) is 2.79. The van der Waals surface area contributed by atoms with E-state index in [2.05, 4.69) is 20.9 Å². The van der Waals surface area contributed by atoms with Crippen LogP contribution in [0, 0.1) is 0 Å². The molecule has 3 aromatic rings. The summed E-state index contributed by atoms with van der Waals surface area (Å²) in [7, 11) is 1.35. The van der Waals surface area contributed by atoms with Crippen LogP contribution < -0.4 is 0 Å². The number of thiazole rings is 1. The largest absolute Gasteiger partial charge is 0.469 e. The zero-order valence-electron chi connectivity index (χ0n) is 16.0. The molecule has 150 valence electrons. The zero-order chi connectivity index (χ0) is 20.6. The number of carbonyl (C=O) groups is 2. The van der Waals surface area contributed by atoms with Gasteiger partial charge in [0.25, 0.3) is 0 Å². The Labute approximate surface area is 182 Å². The summed E-state index contributed by atoms with van der Waals surface area (Å²) >= 11 is 4.98. The van der Waals surface area contributed by atoms with Crippen LogP contribution in [0.25, 0.3) is 10.6 Å². The van der Waals surface area contributed by atoms with Crippen LogP contribution in [0.5, 0.6) is 0 Å². The van der Waals surface area contributed by atoms with Crippen molar-refractivity contribution in [1.29, 1.82) is 0 Å². The Morgan fingerprint density at radius 3 is 2.66 bits per heavy atom. The fourth-order valence-corrected chi connectivity index (χ4v) is 4.05. The summed E-state index contributed by atoms with van der Waals surface area (Å²) in [4.78, 5) is 30.8. The van der Waals surface area contributed by atoms with Gasteiger partial charge >= 0.3 is 5.97 Å². The number of methoxy groups -OCH3 is 1. The molecule has 0 bridgehead atoms. The van der Waals surface area contributed by atoms with E-state index in [9.17, 15) is 9.59 Å². The van der Waals surface area contributed by atoms with Gasteiger partial charge in [0.15, 0.2) is 0 Å². The van der Waals surface area contributed by atoms with E-state index >= 15 is 0 Å². The maximum atomic E-state index is 12.9. The van der Waals surface area contributed by atoms with Crippen LogP contribution in [0.3, 0.4) is 0 Å². The Balaban J connectivity index is 1.71. The average Bonchev–Trinajstić information content (AvgIpc) is 3.20. The molecule has 0 aliphatic carbocycles. The predicted octanol–water partition coefficient (Wildman–Crippen LogP) is 4.71. The van der Waals surface area contributed by atoms with Crippen molar-refractivity contribution in [2.24, 2.45) is 0 Å². The Bertz CT molecular complexity index is 975. The van der Waals surface area contributed by atoms with Crippen LogP contribution in [0.1, 0.15) is 17.7 Å². The minimum atomic E-state index is -0.332. The fraction of sp³-hybridized carbons (Fsp3) is 0.227. The number of nitrogens with zero attached hydrogens (tertiary/aromatic N) is 2. The van der Waals surface area contributed by atoms with Gasteiger partial charge in [-0.05, 0) is 17.7 Å². The maximum absolute atomic E-state index is 12.9. The summed E-state index contributed by atoms with van der Waals surface area (Å²) in [6.45, 7) is 0.752. The van der Waals surface area contributed by atoms with Crippen LogP contribution in [0.4, 0.5) is 0 Å². The first kappa shape index (κ1) is 21.2. The molecular weight excluding hydrogens is 452 g/mol. The van der Waals surface area contributed by atoms with E-state index in [4.69, 9.17) is 4.74 Å². The molecule has 0 fully saturated rings. The van der Waals surface area contributed by atoms with Crippen molar-refractivity contribution in [3.63, 3.8) is 0 Å². The first-order chi connectivity index (χ1) is 14.0. The van der Waals surface area contributed by atoms with Gasteiger partial charge in [0.1, 0.15) is 5.01 Å². The Hall–Kier alpha value is -2.51. The zero-order valence-corrected chi connectivity index (χ0v) is 18.4. The SMILES string of the molecule is COC(=O)CCN(Cc1ccccc1)C(=O)Cc1csc(-c2cccc(Br)c2)n1. The van der Waals surface area contributed by atoms with E-state index in [1.165, 1.54) is 18.4 Å². The minimum Gasteiger partial charge on any atom is -0.469 e. The minimum absolute atomic E-state index is 0.0659. The molecule has 5 nitrogen and oxygen atoms in total. The van der Waals surface area contributed by atoms with Gasteiger partial charge in [-0.1, -0.05) is 58.4 Å². The molecule has 1 amide bonds. The van der Waals surface area contributed by atoms with Gasteiger partial charge in [-0.25, -0.2) is 4.98 Å². The number of ether oxygens (including phenoxy) is 1. The Kier molecular flexibility index (Phi) is 7.55. The van der Waals surface area contributed by atoms with E-state index < -0.39 is 0 Å². The van der Waals surface area contributed by atoms with Gasteiger partial charge in [-0.3, -0.25) is 9.59 Å². The molecule has 0 aliphatic heterocycles. The van der Waals surface area contributed by atoms with E-state index in [-0.39, 0.29) is 24.7 Å². The molecular formula is C22H21BrN2O3S. The Morgan fingerprint density at radius 1 is 1.14 bits per heavy atom. The van der Waals surface area contributed by atoms with E-state index in [0.717, 1.165) is 26.3 Å². The third-order valence-electron chi connectivity index (χ3n) is 4.34. The lowest BCUT2D eigenvalue weighted by atomic mass is 10.2. The lowest BCUT2D eigenvalue weighted by molar-refractivity contribution is -0.141. The quantitative estimate of drug-likeness (QED) is 0.445. The van der Waals surface area contributed by atoms with Gasteiger partial charge < -0.3 is 9.64 Å². The summed E-state index contributed by atoms with van der Waals surface area (Å²) in [5.74, 6) is -0.398. The highest BCUT2D eigenvalue weighted by Gasteiger charge is 2.18. The summed E-state index contributed by atoms with van der Waals surface area (Å²) in [6, 6.07) is 17.6. The van der Waals surface area contributed by atoms with Gasteiger partial charge in [0.2, 0.25) is 5.91 Å². The molecule has 0 atom stereocenters. The smallest absolute Gasteiger partial charge is 0.307 e. The van der Waals surface area contributed by atoms with Crippen molar-refractivity contribution < 1.29 is 14.3 Å². The molecule has 29 heavy (non-hydrogen) atoms. The highest BCUT2D eigenvalue weighted by Crippen LogP contribution is 2.26. The number of carbonyl (C=O) groups excluding carboxylic acids is 2. The molecule has 0 unspecified atom stereocenters. The predicted molar refractivity (Wildman–Crippen MR) is 117 cm³/mol. The van der Waals surface area contributed by atoms with Gasteiger partial charge in [0, 0.05) is 28.5 Å². The molecule has 1 aromatic heterocycles. The van der Waals surface area contributed by atoms with Crippen molar-refractivity contribution in [3.05, 3.63) is 75.7 Å². The normalized spacial score (nSPS) is 10.6. The summed E-state index contributed by atoms with van der Waals surface area (Å²) in [5.41, 5.74) is 2.75. The molecule has 7 heteroatoms. The fourth-order valence-electron chi connectivity index (χ4n) is 2.83. The van der Waals surface area contributed by atoms with E-state index in [0.29, 0.717) is 13.1 Å².